The summed E-state index contributed by atoms with van der Waals surface area (Å²) in [4.78, 5) is 27.6. The van der Waals surface area contributed by atoms with Crippen molar-refractivity contribution in [2.45, 2.75) is 38.8 Å². The average Bonchev–Trinajstić information content (AvgIpc) is 2.58. The first-order valence-electron chi connectivity index (χ1n) is 7.25. The van der Waals surface area contributed by atoms with Gasteiger partial charge in [-0.25, -0.2) is 4.79 Å². The Morgan fingerprint density at radius 1 is 1.40 bits per heavy atom. The summed E-state index contributed by atoms with van der Waals surface area (Å²) in [6.45, 7) is 7.08. The summed E-state index contributed by atoms with van der Waals surface area (Å²) >= 11 is 0. The van der Waals surface area contributed by atoms with E-state index in [2.05, 4.69) is 29.1 Å². The van der Waals surface area contributed by atoms with Crippen LogP contribution in [0.5, 0.6) is 0 Å². The largest absolute Gasteiger partial charge is 0.467 e. The Morgan fingerprint density at radius 2 is 2.10 bits per heavy atom. The second-order valence-electron chi connectivity index (χ2n) is 5.45. The highest BCUT2D eigenvalue weighted by atomic mass is 16.5. The van der Waals surface area contributed by atoms with Gasteiger partial charge in [0.05, 0.1) is 7.11 Å². The summed E-state index contributed by atoms with van der Waals surface area (Å²) in [7, 11) is 3.47. The van der Waals surface area contributed by atoms with Crippen molar-refractivity contribution in [3.63, 3.8) is 0 Å². The van der Waals surface area contributed by atoms with Crippen LogP contribution >= 0.6 is 0 Å². The molecule has 2 atom stereocenters. The van der Waals surface area contributed by atoms with Crippen LogP contribution in [0.2, 0.25) is 0 Å². The van der Waals surface area contributed by atoms with E-state index < -0.39 is 6.04 Å². The van der Waals surface area contributed by atoms with Crippen molar-refractivity contribution >= 4 is 11.9 Å². The monoisotopic (exact) mass is 285 g/mol. The van der Waals surface area contributed by atoms with E-state index in [1.807, 2.05) is 0 Å². The number of rotatable bonds is 5. The van der Waals surface area contributed by atoms with Crippen LogP contribution in [0, 0.1) is 0 Å². The van der Waals surface area contributed by atoms with Crippen molar-refractivity contribution in [2.75, 3.05) is 40.3 Å². The summed E-state index contributed by atoms with van der Waals surface area (Å²) < 4.78 is 4.79. The van der Waals surface area contributed by atoms with Crippen LogP contribution in [0.15, 0.2) is 0 Å². The first-order chi connectivity index (χ1) is 9.47. The smallest absolute Gasteiger partial charge is 0.329 e. The molecule has 0 aromatic carbocycles. The zero-order valence-corrected chi connectivity index (χ0v) is 13.0. The molecule has 2 unspecified atom stereocenters. The van der Waals surface area contributed by atoms with Gasteiger partial charge >= 0.3 is 5.97 Å². The number of amides is 1. The van der Waals surface area contributed by atoms with Crippen molar-refractivity contribution in [3.05, 3.63) is 0 Å². The highest BCUT2D eigenvalue weighted by Crippen LogP contribution is 2.12. The molecule has 0 aliphatic carbocycles. The second-order valence-corrected chi connectivity index (χ2v) is 5.45. The molecule has 0 bridgehead atoms. The van der Waals surface area contributed by atoms with Gasteiger partial charge in [-0.15, -0.1) is 0 Å². The summed E-state index contributed by atoms with van der Waals surface area (Å²) in [6, 6.07) is -0.182. The van der Waals surface area contributed by atoms with Crippen molar-refractivity contribution in [1.29, 1.82) is 0 Å². The van der Waals surface area contributed by atoms with Gasteiger partial charge in [0.15, 0.2) is 0 Å². The van der Waals surface area contributed by atoms with Gasteiger partial charge in [0.25, 0.3) is 0 Å². The molecule has 1 rings (SSSR count). The lowest BCUT2D eigenvalue weighted by Gasteiger charge is -2.32. The molecule has 1 N–H and O–H groups in total. The molecule has 1 aliphatic heterocycles. The van der Waals surface area contributed by atoms with Crippen LogP contribution in [0.1, 0.15) is 26.7 Å². The highest BCUT2D eigenvalue weighted by molar-refractivity contribution is 5.83. The minimum absolute atomic E-state index is 0.208. The molecule has 1 fully saturated rings. The molecule has 116 valence electrons. The number of hydrogen-bond donors (Lipinski definition) is 1. The van der Waals surface area contributed by atoms with E-state index in [0.29, 0.717) is 12.6 Å². The number of carbonyl (C=O) groups excluding carboxylic acids is 2. The third-order valence-electron chi connectivity index (χ3n) is 3.78. The quantitative estimate of drug-likeness (QED) is 0.725. The van der Waals surface area contributed by atoms with Crippen molar-refractivity contribution in [3.8, 4) is 0 Å². The number of methoxy groups -OCH3 is 1. The van der Waals surface area contributed by atoms with Gasteiger partial charge in [0.2, 0.25) is 5.91 Å². The minimum Gasteiger partial charge on any atom is -0.467 e. The van der Waals surface area contributed by atoms with Gasteiger partial charge < -0.3 is 15.0 Å². The number of esters is 1. The van der Waals surface area contributed by atoms with E-state index in [9.17, 15) is 9.59 Å². The Bertz CT molecular complexity index is 336. The van der Waals surface area contributed by atoms with Gasteiger partial charge in [-0.3, -0.25) is 9.69 Å². The van der Waals surface area contributed by atoms with Crippen molar-refractivity contribution in [1.82, 2.24) is 15.1 Å². The summed E-state index contributed by atoms with van der Waals surface area (Å²) in [5.74, 6) is -0.590. The highest BCUT2D eigenvalue weighted by Gasteiger charge is 2.28. The van der Waals surface area contributed by atoms with Gasteiger partial charge in [0.1, 0.15) is 6.04 Å². The summed E-state index contributed by atoms with van der Waals surface area (Å²) in [5.41, 5.74) is 0. The molecular weight excluding hydrogens is 258 g/mol. The molecule has 1 aliphatic rings. The topological polar surface area (TPSA) is 61.9 Å². The van der Waals surface area contributed by atoms with Crippen molar-refractivity contribution < 1.29 is 14.3 Å². The lowest BCUT2D eigenvalue weighted by molar-refractivity contribution is -0.145. The molecule has 0 radical (unpaired) electrons. The SMILES string of the molecule is CCC1CN(C)CCCN1CC(NC(C)=O)C(=O)OC. The molecule has 6 nitrogen and oxygen atoms in total. The first-order valence-corrected chi connectivity index (χ1v) is 7.25. The van der Waals surface area contributed by atoms with Crippen LogP contribution in [0.4, 0.5) is 0 Å². The van der Waals surface area contributed by atoms with Gasteiger partial charge in [-0.05, 0) is 33.0 Å². The Morgan fingerprint density at radius 3 is 2.65 bits per heavy atom. The fraction of sp³-hybridized carbons (Fsp3) is 0.857. The van der Waals surface area contributed by atoms with E-state index in [-0.39, 0.29) is 11.9 Å². The number of likely N-dealkylation sites (N-methyl/N-ethyl adjacent to an activating group) is 1. The molecule has 0 aromatic rings. The molecule has 20 heavy (non-hydrogen) atoms. The van der Waals surface area contributed by atoms with Crippen molar-refractivity contribution in [2.24, 2.45) is 0 Å². The second kappa shape index (κ2) is 8.21. The Labute approximate surface area is 121 Å². The molecule has 6 heteroatoms. The zero-order valence-electron chi connectivity index (χ0n) is 13.0. The number of hydrogen-bond acceptors (Lipinski definition) is 5. The first kappa shape index (κ1) is 16.9. The third-order valence-corrected chi connectivity index (χ3v) is 3.78. The van der Waals surface area contributed by atoms with Crippen LogP contribution in [-0.4, -0.2) is 74.1 Å². The summed E-state index contributed by atoms with van der Waals surface area (Å²) in [6.07, 6.45) is 2.10. The lowest BCUT2D eigenvalue weighted by atomic mass is 10.1. The predicted octanol–water partition coefficient (Wildman–Crippen LogP) is 0.0802. The molecule has 1 saturated heterocycles. The molecule has 1 heterocycles. The van der Waals surface area contributed by atoms with Crippen LogP contribution in [0.3, 0.4) is 0 Å². The Kier molecular flexibility index (Phi) is 6.95. The molecule has 0 aromatic heterocycles. The summed E-state index contributed by atoms with van der Waals surface area (Å²) in [5, 5.41) is 2.69. The Balaban J connectivity index is 2.73. The van der Waals surface area contributed by atoms with Gasteiger partial charge in [0, 0.05) is 26.1 Å². The average molecular weight is 285 g/mol. The number of ether oxygens (including phenoxy) is 1. The maximum Gasteiger partial charge on any atom is 0.329 e. The third kappa shape index (κ3) is 5.09. The maximum atomic E-state index is 11.8. The van der Waals surface area contributed by atoms with Crippen LogP contribution < -0.4 is 5.32 Å². The fourth-order valence-corrected chi connectivity index (χ4v) is 2.72. The van der Waals surface area contributed by atoms with E-state index in [4.69, 9.17) is 4.74 Å². The normalized spacial score (nSPS) is 22.9. The Hall–Kier alpha value is -1.14. The van der Waals surface area contributed by atoms with Crippen LogP contribution in [-0.2, 0) is 14.3 Å². The lowest BCUT2D eigenvalue weighted by Crippen LogP contribution is -2.51. The van der Waals surface area contributed by atoms with Gasteiger partial charge in [-0.1, -0.05) is 6.92 Å². The van der Waals surface area contributed by atoms with Gasteiger partial charge in [-0.2, -0.15) is 0 Å². The maximum absolute atomic E-state index is 11.8. The standard InChI is InChI=1S/C14H27N3O3/c1-5-12-9-16(3)7-6-8-17(12)10-13(14(19)20-4)15-11(2)18/h12-13H,5-10H2,1-4H3,(H,15,18). The number of carbonyl (C=O) groups is 2. The van der Waals surface area contributed by atoms with E-state index >= 15 is 0 Å². The number of nitrogens with zero attached hydrogens (tertiary/aromatic N) is 2. The fourth-order valence-electron chi connectivity index (χ4n) is 2.72. The van der Waals surface area contributed by atoms with E-state index in [1.54, 1.807) is 0 Å². The molecule has 0 saturated carbocycles. The molecule has 0 spiro atoms. The van der Waals surface area contributed by atoms with E-state index in [1.165, 1.54) is 14.0 Å². The number of nitrogens with one attached hydrogen (secondary N) is 1. The predicted molar refractivity (Wildman–Crippen MR) is 77.4 cm³/mol. The van der Waals surface area contributed by atoms with E-state index in [0.717, 1.165) is 32.5 Å². The van der Waals surface area contributed by atoms with Crippen LogP contribution in [0.25, 0.3) is 0 Å². The minimum atomic E-state index is -0.588. The molecule has 1 amide bonds. The molecular formula is C14H27N3O3. The zero-order chi connectivity index (χ0) is 15.1.